The summed E-state index contributed by atoms with van der Waals surface area (Å²) in [6.45, 7) is 9.13. The average Bonchev–Trinajstić information content (AvgIpc) is 2.88. The topological polar surface area (TPSA) is 30.5 Å². The molecule has 2 aliphatic rings. The van der Waals surface area contributed by atoms with E-state index in [0.29, 0.717) is 23.7 Å². The molecule has 2 rings (SSSR count). The van der Waals surface area contributed by atoms with Crippen molar-refractivity contribution in [2.75, 3.05) is 19.8 Å². The van der Waals surface area contributed by atoms with Gasteiger partial charge in [-0.2, -0.15) is 0 Å². The summed E-state index contributed by atoms with van der Waals surface area (Å²) in [7, 11) is 0. The van der Waals surface area contributed by atoms with E-state index in [1.807, 2.05) is 0 Å². The zero-order chi connectivity index (χ0) is 13.7. The molecule has 1 spiro atoms. The SMILES string of the molecule is CCOC1CC(NCCCOC(C)C)C12CCCC2. The lowest BCUT2D eigenvalue weighted by Crippen LogP contribution is -2.62. The molecule has 0 aromatic heterocycles. The molecular weight excluding hydrogens is 238 g/mol. The number of ether oxygens (including phenoxy) is 2. The molecule has 19 heavy (non-hydrogen) atoms. The van der Waals surface area contributed by atoms with E-state index in [4.69, 9.17) is 9.47 Å². The summed E-state index contributed by atoms with van der Waals surface area (Å²) < 4.78 is 11.5. The lowest BCUT2D eigenvalue weighted by Gasteiger charge is -2.54. The van der Waals surface area contributed by atoms with Crippen molar-refractivity contribution < 1.29 is 9.47 Å². The van der Waals surface area contributed by atoms with Gasteiger partial charge in [-0.1, -0.05) is 12.8 Å². The van der Waals surface area contributed by atoms with Crippen LogP contribution in [0.25, 0.3) is 0 Å². The highest BCUT2D eigenvalue weighted by Crippen LogP contribution is 2.54. The van der Waals surface area contributed by atoms with Gasteiger partial charge in [0.1, 0.15) is 0 Å². The molecule has 0 saturated heterocycles. The Morgan fingerprint density at radius 1 is 1.26 bits per heavy atom. The minimum absolute atomic E-state index is 0.354. The van der Waals surface area contributed by atoms with Crippen molar-refractivity contribution in [3.8, 4) is 0 Å². The van der Waals surface area contributed by atoms with Gasteiger partial charge in [-0.15, -0.1) is 0 Å². The van der Waals surface area contributed by atoms with Crippen LogP contribution in [0.4, 0.5) is 0 Å². The summed E-state index contributed by atoms with van der Waals surface area (Å²) in [5, 5.41) is 3.75. The predicted molar refractivity (Wildman–Crippen MR) is 78.4 cm³/mol. The van der Waals surface area contributed by atoms with Gasteiger partial charge in [-0.3, -0.25) is 0 Å². The predicted octanol–water partition coefficient (Wildman–Crippen LogP) is 3.13. The Morgan fingerprint density at radius 2 is 2.00 bits per heavy atom. The molecule has 0 amide bonds. The molecule has 0 aromatic carbocycles. The van der Waals surface area contributed by atoms with E-state index in [0.717, 1.165) is 26.2 Å². The smallest absolute Gasteiger partial charge is 0.0661 e. The van der Waals surface area contributed by atoms with Crippen molar-refractivity contribution in [3.63, 3.8) is 0 Å². The summed E-state index contributed by atoms with van der Waals surface area (Å²) in [6, 6.07) is 0.686. The van der Waals surface area contributed by atoms with Crippen LogP contribution in [0, 0.1) is 5.41 Å². The van der Waals surface area contributed by atoms with Crippen LogP contribution < -0.4 is 5.32 Å². The van der Waals surface area contributed by atoms with E-state index < -0.39 is 0 Å². The molecule has 0 bridgehead atoms. The molecule has 2 fully saturated rings. The van der Waals surface area contributed by atoms with E-state index in [9.17, 15) is 0 Å². The second-order valence-electron chi connectivity index (χ2n) is 6.40. The van der Waals surface area contributed by atoms with E-state index in [-0.39, 0.29) is 0 Å². The van der Waals surface area contributed by atoms with Crippen molar-refractivity contribution in [1.82, 2.24) is 5.32 Å². The van der Waals surface area contributed by atoms with Crippen molar-refractivity contribution >= 4 is 0 Å². The molecule has 0 heterocycles. The van der Waals surface area contributed by atoms with Crippen LogP contribution in [0.15, 0.2) is 0 Å². The van der Waals surface area contributed by atoms with Crippen molar-refractivity contribution in [2.24, 2.45) is 5.41 Å². The summed E-state index contributed by atoms with van der Waals surface area (Å²) in [4.78, 5) is 0. The van der Waals surface area contributed by atoms with Gasteiger partial charge >= 0.3 is 0 Å². The Kier molecular flexibility index (Phi) is 5.67. The molecule has 3 heteroatoms. The Morgan fingerprint density at radius 3 is 2.63 bits per heavy atom. The molecule has 2 unspecified atom stereocenters. The summed E-state index contributed by atoms with van der Waals surface area (Å²) in [5.41, 5.74) is 0.467. The molecule has 2 atom stereocenters. The van der Waals surface area contributed by atoms with Crippen LogP contribution in [0.1, 0.15) is 59.3 Å². The molecule has 1 N–H and O–H groups in total. The first-order chi connectivity index (χ1) is 9.19. The number of rotatable bonds is 8. The van der Waals surface area contributed by atoms with Gasteiger partial charge < -0.3 is 14.8 Å². The lowest BCUT2D eigenvalue weighted by atomic mass is 9.60. The van der Waals surface area contributed by atoms with E-state index >= 15 is 0 Å². The van der Waals surface area contributed by atoms with Crippen molar-refractivity contribution in [3.05, 3.63) is 0 Å². The Labute approximate surface area is 118 Å². The maximum absolute atomic E-state index is 5.94. The highest BCUT2D eigenvalue weighted by Gasteiger charge is 2.56. The summed E-state index contributed by atoms with van der Waals surface area (Å²) in [6.07, 6.45) is 8.69. The van der Waals surface area contributed by atoms with Crippen LogP contribution in [0.2, 0.25) is 0 Å². The molecule has 2 saturated carbocycles. The first-order valence-electron chi connectivity index (χ1n) is 8.15. The second kappa shape index (κ2) is 7.05. The molecule has 0 aromatic rings. The van der Waals surface area contributed by atoms with Crippen LogP contribution in [0.5, 0.6) is 0 Å². The molecule has 112 valence electrons. The Bertz CT molecular complexity index is 261. The van der Waals surface area contributed by atoms with Gasteiger partial charge in [0.15, 0.2) is 0 Å². The van der Waals surface area contributed by atoms with Gasteiger partial charge in [0.25, 0.3) is 0 Å². The third-order valence-electron chi connectivity index (χ3n) is 4.85. The van der Waals surface area contributed by atoms with Crippen LogP contribution in [-0.4, -0.2) is 38.0 Å². The zero-order valence-electron chi connectivity index (χ0n) is 12.9. The number of hydrogen-bond acceptors (Lipinski definition) is 3. The van der Waals surface area contributed by atoms with E-state index in [1.54, 1.807) is 0 Å². The molecule has 0 aliphatic heterocycles. The Balaban J connectivity index is 1.69. The standard InChI is InChI=1S/C16H31NO2/c1-4-18-15-12-14(16(15)8-5-6-9-16)17-10-7-11-19-13(2)3/h13-15,17H,4-12H2,1-3H3. The fourth-order valence-corrected chi connectivity index (χ4v) is 3.84. The first-order valence-corrected chi connectivity index (χ1v) is 8.15. The van der Waals surface area contributed by atoms with Gasteiger partial charge in [0.2, 0.25) is 0 Å². The fourth-order valence-electron chi connectivity index (χ4n) is 3.84. The minimum Gasteiger partial charge on any atom is -0.379 e. The third kappa shape index (κ3) is 3.50. The maximum atomic E-state index is 5.94. The second-order valence-corrected chi connectivity index (χ2v) is 6.40. The van der Waals surface area contributed by atoms with E-state index in [2.05, 4.69) is 26.1 Å². The van der Waals surface area contributed by atoms with Crippen molar-refractivity contribution in [1.29, 1.82) is 0 Å². The maximum Gasteiger partial charge on any atom is 0.0661 e. The normalized spacial score (nSPS) is 29.1. The molecular formula is C16H31NO2. The van der Waals surface area contributed by atoms with Crippen molar-refractivity contribution in [2.45, 2.75) is 77.5 Å². The minimum atomic E-state index is 0.354. The van der Waals surface area contributed by atoms with Crippen LogP contribution in [0.3, 0.4) is 0 Å². The zero-order valence-corrected chi connectivity index (χ0v) is 12.9. The van der Waals surface area contributed by atoms with Crippen LogP contribution in [-0.2, 0) is 9.47 Å². The fraction of sp³-hybridized carbons (Fsp3) is 1.00. The highest BCUT2D eigenvalue weighted by molar-refractivity contribution is 5.09. The van der Waals surface area contributed by atoms with Gasteiger partial charge in [0.05, 0.1) is 12.2 Å². The third-order valence-corrected chi connectivity index (χ3v) is 4.85. The van der Waals surface area contributed by atoms with Gasteiger partial charge in [-0.05, 0) is 53.0 Å². The molecule has 3 nitrogen and oxygen atoms in total. The monoisotopic (exact) mass is 269 g/mol. The quantitative estimate of drug-likeness (QED) is 0.687. The first kappa shape index (κ1) is 15.3. The lowest BCUT2D eigenvalue weighted by molar-refractivity contribution is -0.130. The molecule has 0 radical (unpaired) electrons. The largest absolute Gasteiger partial charge is 0.379 e. The summed E-state index contributed by atoms with van der Waals surface area (Å²) >= 11 is 0. The van der Waals surface area contributed by atoms with Crippen LogP contribution >= 0.6 is 0 Å². The molecule has 2 aliphatic carbocycles. The van der Waals surface area contributed by atoms with E-state index in [1.165, 1.54) is 32.1 Å². The van der Waals surface area contributed by atoms with Gasteiger partial charge in [-0.25, -0.2) is 0 Å². The summed E-state index contributed by atoms with van der Waals surface area (Å²) in [5.74, 6) is 0. The Hall–Kier alpha value is -0.120. The highest BCUT2D eigenvalue weighted by atomic mass is 16.5. The average molecular weight is 269 g/mol. The number of hydrogen-bond donors (Lipinski definition) is 1. The van der Waals surface area contributed by atoms with Gasteiger partial charge in [0, 0.05) is 24.7 Å². The number of nitrogens with one attached hydrogen (secondary N) is 1.